The van der Waals surface area contributed by atoms with Crippen LogP contribution in [0, 0.1) is 10.8 Å². The van der Waals surface area contributed by atoms with Crippen molar-refractivity contribution in [3.05, 3.63) is 35.9 Å². The van der Waals surface area contributed by atoms with Crippen LogP contribution in [0.2, 0.25) is 0 Å². The van der Waals surface area contributed by atoms with Crippen LogP contribution in [-0.2, 0) is 0 Å². The molecule has 1 aromatic carbocycles. The SMILES string of the molecule is CC1(C)CC(N[C@H](CO)c2ccccc2)CC(C)(C)C1. The minimum Gasteiger partial charge on any atom is -0.394 e. The molecule has 20 heavy (non-hydrogen) atoms. The standard InChI is InChI=1S/C18H29NO/c1-17(2)10-15(11-18(3,4)13-17)19-16(12-20)14-8-6-5-7-9-14/h5-9,15-16,19-20H,10-13H2,1-4H3/t16-/m1/s1. The summed E-state index contributed by atoms with van der Waals surface area (Å²) in [6, 6.07) is 10.8. The molecule has 112 valence electrons. The van der Waals surface area contributed by atoms with Gasteiger partial charge in [0.1, 0.15) is 0 Å². The Morgan fingerprint density at radius 3 is 2.15 bits per heavy atom. The van der Waals surface area contributed by atoms with Crippen LogP contribution in [-0.4, -0.2) is 17.8 Å². The Labute approximate surface area is 123 Å². The van der Waals surface area contributed by atoms with Crippen LogP contribution in [0.15, 0.2) is 30.3 Å². The van der Waals surface area contributed by atoms with Gasteiger partial charge in [-0.3, -0.25) is 0 Å². The lowest BCUT2D eigenvalue weighted by atomic mass is 9.63. The predicted octanol–water partition coefficient (Wildman–Crippen LogP) is 3.91. The lowest BCUT2D eigenvalue weighted by molar-refractivity contribution is 0.0749. The highest BCUT2D eigenvalue weighted by Gasteiger charge is 2.38. The predicted molar refractivity (Wildman–Crippen MR) is 84.6 cm³/mol. The minimum atomic E-state index is 0.0471. The van der Waals surface area contributed by atoms with Gasteiger partial charge < -0.3 is 10.4 Å². The molecule has 1 fully saturated rings. The van der Waals surface area contributed by atoms with Gasteiger partial charge in [-0.15, -0.1) is 0 Å². The smallest absolute Gasteiger partial charge is 0.0626 e. The second kappa shape index (κ2) is 5.87. The Morgan fingerprint density at radius 2 is 1.65 bits per heavy atom. The molecule has 0 unspecified atom stereocenters. The molecule has 2 N–H and O–H groups in total. The maximum absolute atomic E-state index is 9.71. The Hall–Kier alpha value is -0.860. The molecule has 1 aliphatic carbocycles. The van der Waals surface area contributed by atoms with Gasteiger partial charge in [0.05, 0.1) is 12.6 Å². The van der Waals surface area contributed by atoms with Crippen LogP contribution < -0.4 is 5.32 Å². The summed E-state index contributed by atoms with van der Waals surface area (Å²) in [5.41, 5.74) is 1.92. The van der Waals surface area contributed by atoms with E-state index < -0.39 is 0 Å². The van der Waals surface area contributed by atoms with E-state index in [1.807, 2.05) is 18.2 Å². The molecule has 1 aliphatic rings. The first-order valence-electron chi connectivity index (χ1n) is 7.73. The van der Waals surface area contributed by atoms with Crippen molar-refractivity contribution in [3.63, 3.8) is 0 Å². The van der Waals surface area contributed by atoms with E-state index in [0.29, 0.717) is 16.9 Å². The van der Waals surface area contributed by atoms with E-state index >= 15 is 0 Å². The van der Waals surface area contributed by atoms with E-state index in [4.69, 9.17) is 0 Å². The van der Waals surface area contributed by atoms with E-state index in [1.165, 1.54) is 24.8 Å². The first-order valence-corrected chi connectivity index (χ1v) is 7.73. The molecule has 1 aromatic rings. The zero-order valence-electron chi connectivity index (χ0n) is 13.3. The van der Waals surface area contributed by atoms with Gasteiger partial charge in [0.25, 0.3) is 0 Å². The number of rotatable bonds is 4. The van der Waals surface area contributed by atoms with Crippen molar-refractivity contribution in [1.82, 2.24) is 5.32 Å². The topological polar surface area (TPSA) is 32.3 Å². The lowest BCUT2D eigenvalue weighted by Gasteiger charge is -2.46. The quantitative estimate of drug-likeness (QED) is 0.873. The van der Waals surface area contributed by atoms with Crippen molar-refractivity contribution in [2.75, 3.05) is 6.61 Å². The minimum absolute atomic E-state index is 0.0471. The average Bonchev–Trinajstić information content (AvgIpc) is 2.33. The molecular weight excluding hydrogens is 246 g/mol. The van der Waals surface area contributed by atoms with Gasteiger partial charge in [-0.05, 0) is 35.7 Å². The second-order valence-electron chi connectivity index (χ2n) is 7.92. The first-order chi connectivity index (χ1) is 9.31. The summed E-state index contributed by atoms with van der Waals surface area (Å²) in [5, 5.41) is 13.4. The van der Waals surface area contributed by atoms with E-state index in [2.05, 4.69) is 45.1 Å². The third kappa shape index (κ3) is 4.07. The average molecular weight is 275 g/mol. The van der Waals surface area contributed by atoms with Gasteiger partial charge in [-0.1, -0.05) is 58.0 Å². The Morgan fingerprint density at radius 1 is 1.10 bits per heavy atom. The van der Waals surface area contributed by atoms with Gasteiger partial charge in [0.2, 0.25) is 0 Å². The van der Waals surface area contributed by atoms with Gasteiger partial charge in [0.15, 0.2) is 0 Å². The normalized spacial score (nSPS) is 23.4. The summed E-state index contributed by atoms with van der Waals surface area (Å²) in [7, 11) is 0. The molecule has 0 heterocycles. The highest BCUT2D eigenvalue weighted by molar-refractivity contribution is 5.19. The zero-order chi connectivity index (χ0) is 14.8. The van der Waals surface area contributed by atoms with Gasteiger partial charge in [0, 0.05) is 6.04 Å². The maximum Gasteiger partial charge on any atom is 0.0626 e. The van der Waals surface area contributed by atoms with Crippen molar-refractivity contribution in [1.29, 1.82) is 0 Å². The van der Waals surface area contributed by atoms with E-state index in [-0.39, 0.29) is 12.6 Å². The summed E-state index contributed by atoms with van der Waals surface area (Å²) in [4.78, 5) is 0. The summed E-state index contributed by atoms with van der Waals surface area (Å²) in [6.45, 7) is 9.59. The molecule has 0 spiro atoms. The van der Waals surface area contributed by atoms with Gasteiger partial charge >= 0.3 is 0 Å². The van der Waals surface area contributed by atoms with Crippen LogP contribution in [0.4, 0.5) is 0 Å². The molecule has 0 radical (unpaired) electrons. The van der Waals surface area contributed by atoms with Crippen molar-refractivity contribution in [2.45, 2.75) is 59.0 Å². The Balaban J connectivity index is 2.08. The van der Waals surface area contributed by atoms with E-state index in [1.54, 1.807) is 0 Å². The van der Waals surface area contributed by atoms with Crippen molar-refractivity contribution in [3.8, 4) is 0 Å². The molecule has 2 heteroatoms. The van der Waals surface area contributed by atoms with E-state index in [9.17, 15) is 5.11 Å². The second-order valence-corrected chi connectivity index (χ2v) is 7.92. The fraction of sp³-hybridized carbons (Fsp3) is 0.667. The van der Waals surface area contributed by atoms with Crippen LogP contribution in [0.5, 0.6) is 0 Å². The van der Waals surface area contributed by atoms with Crippen LogP contribution in [0.1, 0.15) is 58.6 Å². The third-order valence-electron chi connectivity index (χ3n) is 4.38. The van der Waals surface area contributed by atoms with Crippen LogP contribution in [0.3, 0.4) is 0 Å². The summed E-state index contributed by atoms with van der Waals surface area (Å²) < 4.78 is 0. The summed E-state index contributed by atoms with van der Waals surface area (Å²) >= 11 is 0. The number of benzene rings is 1. The zero-order valence-corrected chi connectivity index (χ0v) is 13.3. The van der Waals surface area contributed by atoms with Gasteiger partial charge in [-0.25, -0.2) is 0 Å². The van der Waals surface area contributed by atoms with Crippen LogP contribution in [0.25, 0.3) is 0 Å². The molecule has 2 nitrogen and oxygen atoms in total. The molecule has 1 saturated carbocycles. The maximum atomic E-state index is 9.71. The number of aliphatic hydroxyl groups excluding tert-OH is 1. The van der Waals surface area contributed by atoms with Crippen molar-refractivity contribution >= 4 is 0 Å². The fourth-order valence-electron chi connectivity index (χ4n) is 4.19. The fourth-order valence-corrected chi connectivity index (χ4v) is 4.19. The molecule has 2 rings (SSSR count). The Bertz CT molecular complexity index is 408. The monoisotopic (exact) mass is 275 g/mol. The molecule has 0 aliphatic heterocycles. The molecular formula is C18H29NO. The molecule has 0 saturated heterocycles. The van der Waals surface area contributed by atoms with Crippen molar-refractivity contribution in [2.24, 2.45) is 10.8 Å². The van der Waals surface area contributed by atoms with E-state index in [0.717, 1.165) is 0 Å². The number of aliphatic hydroxyl groups is 1. The molecule has 1 atom stereocenters. The third-order valence-corrected chi connectivity index (χ3v) is 4.38. The summed E-state index contributed by atoms with van der Waals surface area (Å²) in [5.74, 6) is 0. The van der Waals surface area contributed by atoms with Gasteiger partial charge in [-0.2, -0.15) is 0 Å². The molecule has 0 amide bonds. The molecule has 0 bridgehead atoms. The molecule has 0 aromatic heterocycles. The highest BCUT2D eigenvalue weighted by Crippen LogP contribution is 2.46. The van der Waals surface area contributed by atoms with Crippen LogP contribution >= 0.6 is 0 Å². The number of hydrogen-bond donors (Lipinski definition) is 2. The highest BCUT2D eigenvalue weighted by atomic mass is 16.3. The Kier molecular flexibility index (Phi) is 4.55. The number of nitrogens with one attached hydrogen (secondary N) is 1. The largest absolute Gasteiger partial charge is 0.394 e. The first kappa shape index (κ1) is 15.5. The summed E-state index contributed by atoms with van der Waals surface area (Å²) in [6.07, 6.45) is 3.63. The lowest BCUT2D eigenvalue weighted by Crippen LogP contribution is -2.45. The number of hydrogen-bond acceptors (Lipinski definition) is 2. The van der Waals surface area contributed by atoms with Crippen molar-refractivity contribution < 1.29 is 5.11 Å².